The lowest BCUT2D eigenvalue weighted by atomic mass is 9.80. The molecule has 0 amide bonds. The predicted molar refractivity (Wildman–Crippen MR) is 58.6 cm³/mol. The van der Waals surface area contributed by atoms with Crippen LogP contribution in [0.3, 0.4) is 0 Å². The largest absolute Gasteiger partial charge is 0.454 e. The maximum absolute atomic E-state index is 5.79. The number of hydrogen-bond donors (Lipinski definition) is 1. The van der Waals surface area contributed by atoms with Crippen molar-refractivity contribution in [3.63, 3.8) is 0 Å². The van der Waals surface area contributed by atoms with E-state index in [0.29, 0.717) is 13.3 Å². The van der Waals surface area contributed by atoms with Crippen LogP contribution in [0, 0.1) is 5.41 Å². The Morgan fingerprint density at radius 1 is 1.19 bits per heavy atom. The fourth-order valence-corrected chi connectivity index (χ4v) is 2.17. The van der Waals surface area contributed by atoms with Crippen molar-refractivity contribution in [1.82, 2.24) is 0 Å². The van der Waals surface area contributed by atoms with E-state index in [-0.39, 0.29) is 5.41 Å². The van der Waals surface area contributed by atoms with Gasteiger partial charge in [0.15, 0.2) is 11.5 Å². The molecule has 0 atom stereocenters. The molecule has 1 aromatic carbocycles. The van der Waals surface area contributed by atoms with Gasteiger partial charge in [0.05, 0.1) is 13.2 Å². The van der Waals surface area contributed by atoms with Gasteiger partial charge in [-0.1, -0.05) is 6.07 Å². The van der Waals surface area contributed by atoms with E-state index in [0.717, 1.165) is 31.1 Å². The molecule has 0 aromatic heterocycles. The monoisotopic (exact) mass is 221 g/mol. The molecule has 2 aliphatic rings. The SMILES string of the molecule is NCC1(Cc2ccc3c(c2)OCO3)COC1. The van der Waals surface area contributed by atoms with Crippen LogP contribution in [-0.2, 0) is 11.2 Å². The molecule has 1 fully saturated rings. The van der Waals surface area contributed by atoms with Crippen molar-refractivity contribution in [2.75, 3.05) is 26.6 Å². The zero-order valence-electron chi connectivity index (χ0n) is 9.07. The number of nitrogens with two attached hydrogens (primary N) is 1. The molecular formula is C12H15NO3. The average molecular weight is 221 g/mol. The number of rotatable bonds is 3. The van der Waals surface area contributed by atoms with Crippen LogP contribution in [0.4, 0.5) is 0 Å². The van der Waals surface area contributed by atoms with Crippen molar-refractivity contribution in [2.45, 2.75) is 6.42 Å². The van der Waals surface area contributed by atoms with E-state index in [2.05, 4.69) is 6.07 Å². The molecule has 16 heavy (non-hydrogen) atoms. The van der Waals surface area contributed by atoms with Gasteiger partial charge in [-0.2, -0.15) is 0 Å². The second kappa shape index (κ2) is 3.64. The zero-order chi connectivity index (χ0) is 11.0. The third-order valence-corrected chi connectivity index (χ3v) is 3.27. The normalized spacial score (nSPS) is 20.6. The van der Waals surface area contributed by atoms with Gasteiger partial charge in [0.2, 0.25) is 6.79 Å². The van der Waals surface area contributed by atoms with E-state index in [9.17, 15) is 0 Å². The molecule has 0 spiro atoms. The van der Waals surface area contributed by atoms with Gasteiger partial charge in [-0.3, -0.25) is 0 Å². The Hall–Kier alpha value is -1.26. The van der Waals surface area contributed by atoms with Crippen LogP contribution in [0.1, 0.15) is 5.56 Å². The van der Waals surface area contributed by atoms with Gasteiger partial charge in [-0.15, -0.1) is 0 Å². The Labute approximate surface area is 94.3 Å². The van der Waals surface area contributed by atoms with Crippen molar-refractivity contribution in [1.29, 1.82) is 0 Å². The van der Waals surface area contributed by atoms with Crippen molar-refractivity contribution in [3.05, 3.63) is 23.8 Å². The molecule has 4 heteroatoms. The van der Waals surface area contributed by atoms with Crippen LogP contribution < -0.4 is 15.2 Å². The average Bonchev–Trinajstić information content (AvgIpc) is 2.70. The highest BCUT2D eigenvalue weighted by molar-refractivity contribution is 5.44. The molecule has 0 bridgehead atoms. The van der Waals surface area contributed by atoms with Crippen molar-refractivity contribution < 1.29 is 14.2 Å². The first kappa shape index (κ1) is 9.93. The lowest BCUT2D eigenvalue weighted by Gasteiger charge is -2.40. The van der Waals surface area contributed by atoms with Gasteiger partial charge in [-0.05, 0) is 24.1 Å². The lowest BCUT2D eigenvalue weighted by Crippen LogP contribution is -2.49. The topological polar surface area (TPSA) is 53.7 Å². The van der Waals surface area contributed by atoms with Gasteiger partial charge >= 0.3 is 0 Å². The van der Waals surface area contributed by atoms with E-state index >= 15 is 0 Å². The zero-order valence-corrected chi connectivity index (χ0v) is 9.07. The van der Waals surface area contributed by atoms with Crippen molar-refractivity contribution >= 4 is 0 Å². The van der Waals surface area contributed by atoms with Gasteiger partial charge in [0.25, 0.3) is 0 Å². The molecule has 2 heterocycles. The van der Waals surface area contributed by atoms with E-state index in [1.807, 2.05) is 12.1 Å². The fourth-order valence-electron chi connectivity index (χ4n) is 2.17. The molecule has 0 aliphatic carbocycles. The summed E-state index contributed by atoms with van der Waals surface area (Å²) in [4.78, 5) is 0. The molecule has 1 aromatic rings. The third kappa shape index (κ3) is 1.54. The Balaban J connectivity index is 1.80. The predicted octanol–water partition coefficient (Wildman–Crippen LogP) is 0.933. The molecule has 0 unspecified atom stereocenters. The molecule has 86 valence electrons. The third-order valence-electron chi connectivity index (χ3n) is 3.27. The summed E-state index contributed by atoms with van der Waals surface area (Å²) in [6.07, 6.45) is 0.945. The molecule has 1 saturated heterocycles. The van der Waals surface area contributed by atoms with Crippen LogP contribution in [-0.4, -0.2) is 26.6 Å². The van der Waals surface area contributed by atoms with Crippen molar-refractivity contribution in [2.24, 2.45) is 11.1 Å². The maximum atomic E-state index is 5.79. The molecule has 0 saturated carbocycles. The van der Waals surface area contributed by atoms with E-state index in [4.69, 9.17) is 19.9 Å². The molecular weight excluding hydrogens is 206 g/mol. The first-order valence-electron chi connectivity index (χ1n) is 5.48. The smallest absolute Gasteiger partial charge is 0.231 e. The minimum Gasteiger partial charge on any atom is -0.454 e. The highest BCUT2D eigenvalue weighted by atomic mass is 16.7. The summed E-state index contributed by atoms with van der Waals surface area (Å²) >= 11 is 0. The van der Waals surface area contributed by atoms with Crippen LogP contribution in [0.25, 0.3) is 0 Å². The second-order valence-corrected chi connectivity index (χ2v) is 4.56. The number of benzene rings is 1. The van der Waals surface area contributed by atoms with Gasteiger partial charge in [0, 0.05) is 12.0 Å². The van der Waals surface area contributed by atoms with E-state index in [1.165, 1.54) is 5.56 Å². The standard InChI is InChI=1S/C12H15NO3/c13-5-12(6-14-7-12)4-9-1-2-10-11(3-9)16-8-15-10/h1-3H,4-8,13H2. The molecule has 2 N–H and O–H groups in total. The van der Waals surface area contributed by atoms with E-state index in [1.54, 1.807) is 0 Å². The summed E-state index contributed by atoms with van der Waals surface area (Å²) < 4.78 is 15.9. The quantitative estimate of drug-likeness (QED) is 0.825. The van der Waals surface area contributed by atoms with Gasteiger partial charge in [-0.25, -0.2) is 0 Å². The van der Waals surface area contributed by atoms with Crippen LogP contribution in [0.5, 0.6) is 11.5 Å². The van der Waals surface area contributed by atoms with Crippen LogP contribution in [0.15, 0.2) is 18.2 Å². The lowest BCUT2D eigenvalue weighted by molar-refractivity contribution is -0.106. The van der Waals surface area contributed by atoms with E-state index < -0.39 is 0 Å². The Morgan fingerprint density at radius 3 is 2.69 bits per heavy atom. The maximum Gasteiger partial charge on any atom is 0.231 e. The highest BCUT2D eigenvalue weighted by Crippen LogP contribution is 2.36. The summed E-state index contributed by atoms with van der Waals surface area (Å²) in [5, 5.41) is 0. The van der Waals surface area contributed by atoms with Gasteiger partial charge < -0.3 is 19.9 Å². The Morgan fingerprint density at radius 2 is 2.00 bits per heavy atom. The molecule has 0 radical (unpaired) electrons. The molecule has 3 rings (SSSR count). The number of fused-ring (bicyclic) bond motifs is 1. The summed E-state index contributed by atoms with van der Waals surface area (Å²) in [7, 11) is 0. The summed E-state index contributed by atoms with van der Waals surface area (Å²) in [5.74, 6) is 1.67. The first-order valence-corrected chi connectivity index (χ1v) is 5.48. The van der Waals surface area contributed by atoms with Crippen LogP contribution in [0.2, 0.25) is 0 Å². The summed E-state index contributed by atoms with van der Waals surface area (Å²) in [5.41, 5.74) is 7.16. The van der Waals surface area contributed by atoms with Crippen molar-refractivity contribution in [3.8, 4) is 11.5 Å². The minimum absolute atomic E-state index is 0.133. The first-order chi connectivity index (χ1) is 7.81. The Bertz CT molecular complexity index is 396. The number of hydrogen-bond acceptors (Lipinski definition) is 4. The van der Waals surface area contributed by atoms with Gasteiger partial charge in [0.1, 0.15) is 0 Å². The summed E-state index contributed by atoms with van der Waals surface area (Å²) in [6, 6.07) is 6.07. The molecule has 2 aliphatic heterocycles. The second-order valence-electron chi connectivity index (χ2n) is 4.56. The highest BCUT2D eigenvalue weighted by Gasteiger charge is 2.37. The fraction of sp³-hybridized carbons (Fsp3) is 0.500. The minimum atomic E-state index is 0.133. The Kier molecular flexibility index (Phi) is 2.26. The van der Waals surface area contributed by atoms with Crippen LogP contribution >= 0.6 is 0 Å². The number of ether oxygens (including phenoxy) is 3. The summed E-state index contributed by atoms with van der Waals surface area (Å²) in [6.45, 7) is 2.52. The molecule has 4 nitrogen and oxygen atoms in total.